The first-order valence-electron chi connectivity index (χ1n) is 4.76. The van der Waals surface area contributed by atoms with Gasteiger partial charge in [0.15, 0.2) is 0 Å². The lowest BCUT2D eigenvalue weighted by atomic mass is 10.1. The standard InChI is InChI=1S/C9H18N2O/c1-3-8(2)4-6-11-7-5-10-9(11)12/h8H,3-7H2,1-2H3,(H,10,12). The van der Waals surface area contributed by atoms with Gasteiger partial charge in [-0.25, -0.2) is 4.79 Å². The number of nitrogens with one attached hydrogen (secondary N) is 1. The molecule has 0 aromatic rings. The van der Waals surface area contributed by atoms with Gasteiger partial charge in [0.25, 0.3) is 0 Å². The van der Waals surface area contributed by atoms with Crippen LogP contribution in [0.15, 0.2) is 0 Å². The Morgan fingerprint density at radius 3 is 2.92 bits per heavy atom. The highest BCUT2D eigenvalue weighted by molar-refractivity contribution is 5.76. The maximum Gasteiger partial charge on any atom is 0.317 e. The van der Waals surface area contributed by atoms with Gasteiger partial charge >= 0.3 is 6.03 Å². The molecule has 1 aliphatic rings. The molecule has 70 valence electrons. The van der Waals surface area contributed by atoms with Crippen LogP contribution in [0.5, 0.6) is 0 Å². The van der Waals surface area contributed by atoms with Gasteiger partial charge in [0.1, 0.15) is 0 Å². The molecule has 0 radical (unpaired) electrons. The Morgan fingerprint density at radius 2 is 2.42 bits per heavy atom. The zero-order chi connectivity index (χ0) is 8.97. The van der Waals surface area contributed by atoms with Crippen LogP contribution < -0.4 is 5.32 Å². The van der Waals surface area contributed by atoms with Crippen molar-refractivity contribution in [3.05, 3.63) is 0 Å². The van der Waals surface area contributed by atoms with Crippen LogP contribution in [0.3, 0.4) is 0 Å². The van der Waals surface area contributed by atoms with E-state index in [2.05, 4.69) is 19.2 Å². The Morgan fingerprint density at radius 1 is 1.67 bits per heavy atom. The Labute approximate surface area is 74.1 Å². The number of hydrogen-bond donors (Lipinski definition) is 1. The molecule has 1 rings (SSSR count). The molecule has 0 bridgehead atoms. The molecule has 1 heterocycles. The molecule has 0 aliphatic carbocycles. The Hall–Kier alpha value is -0.730. The summed E-state index contributed by atoms with van der Waals surface area (Å²) in [6, 6.07) is 0.110. The molecule has 1 atom stereocenters. The Balaban J connectivity index is 2.18. The number of nitrogens with zero attached hydrogens (tertiary/aromatic N) is 1. The summed E-state index contributed by atoms with van der Waals surface area (Å²) in [4.78, 5) is 13.0. The number of urea groups is 1. The van der Waals surface area contributed by atoms with Crippen LogP contribution in [0, 0.1) is 5.92 Å². The molecular weight excluding hydrogens is 152 g/mol. The smallest absolute Gasteiger partial charge is 0.317 e. The minimum absolute atomic E-state index is 0.110. The number of carbonyl (C=O) groups is 1. The Kier molecular flexibility index (Phi) is 3.38. The van der Waals surface area contributed by atoms with Crippen LogP contribution in [-0.2, 0) is 0 Å². The van der Waals surface area contributed by atoms with Gasteiger partial charge < -0.3 is 10.2 Å². The summed E-state index contributed by atoms with van der Waals surface area (Å²) in [7, 11) is 0. The maximum absolute atomic E-state index is 11.1. The fraction of sp³-hybridized carbons (Fsp3) is 0.889. The lowest BCUT2D eigenvalue weighted by Gasteiger charge is -2.16. The summed E-state index contributed by atoms with van der Waals surface area (Å²) in [5.74, 6) is 0.735. The van der Waals surface area contributed by atoms with Gasteiger partial charge in [-0.2, -0.15) is 0 Å². The monoisotopic (exact) mass is 170 g/mol. The predicted octanol–water partition coefficient (Wildman–Crippen LogP) is 1.45. The molecule has 1 fully saturated rings. The van der Waals surface area contributed by atoms with Crippen molar-refractivity contribution in [1.82, 2.24) is 10.2 Å². The van der Waals surface area contributed by atoms with Gasteiger partial charge in [-0.1, -0.05) is 20.3 Å². The molecule has 3 nitrogen and oxygen atoms in total. The lowest BCUT2D eigenvalue weighted by molar-refractivity contribution is 0.214. The highest BCUT2D eigenvalue weighted by Crippen LogP contribution is 2.08. The van der Waals surface area contributed by atoms with Crippen molar-refractivity contribution in [3.8, 4) is 0 Å². The summed E-state index contributed by atoms with van der Waals surface area (Å²) in [5.41, 5.74) is 0. The molecule has 1 aliphatic heterocycles. The van der Waals surface area contributed by atoms with Crippen LogP contribution in [0.1, 0.15) is 26.7 Å². The first-order chi connectivity index (χ1) is 5.74. The molecule has 0 saturated carbocycles. The molecule has 1 N–H and O–H groups in total. The molecule has 2 amide bonds. The van der Waals surface area contributed by atoms with E-state index < -0.39 is 0 Å². The number of carbonyl (C=O) groups excluding carboxylic acids is 1. The van der Waals surface area contributed by atoms with Crippen molar-refractivity contribution >= 4 is 6.03 Å². The van der Waals surface area contributed by atoms with Crippen molar-refractivity contribution in [2.24, 2.45) is 5.92 Å². The third kappa shape index (κ3) is 2.40. The summed E-state index contributed by atoms with van der Waals surface area (Å²) in [6.45, 7) is 7.04. The van der Waals surface area contributed by atoms with Gasteiger partial charge in [-0.05, 0) is 12.3 Å². The summed E-state index contributed by atoms with van der Waals surface area (Å²) in [6.07, 6.45) is 2.33. The normalized spacial score (nSPS) is 19.5. The van der Waals surface area contributed by atoms with Gasteiger partial charge in [0.2, 0.25) is 0 Å². The van der Waals surface area contributed by atoms with E-state index in [1.165, 1.54) is 6.42 Å². The molecular formula is C9H18N2O. The minimum atomic E-state index is 0.110. The minimum Gasteiger partial charge on any atom is -0.336 e. The fourth-order valence-corrected chi connectivity index (χ4v) is 1.30. The second-order valence-corrected chi connectivity index (χ2v) is 3.52. The molecule has 0 aromatic carbocycles. The molecule has 1 saturated heterocycles. The number of hydrogen-bond acceptors (Lipinski definition) is 1. The SMILES string of the molecule is CCC(C)CCN1CCNC1=O. The number of rotatable bonds is 4. The summed E-state index contributed by atoms with van der Waals surface area (Å²) in [5, 5.41) is 2.80. The van der Waals surface area contributed by atoms with Crippen LogP contribution in [0.4, 0.5) is 4.79 Å². The van der Waals surface area contributed by atoms with Gasteiger partial charge in [-0.15, -0.1) is 0 Å². The highest BCUT2D eigenvalue weighted by atomic mass is 16.2. The lowest BCUT2D eigenvalue weighted by Crippen LogP contribution is -2.29. The Bertz CT molecular complexity index is 159. The third-order valence-electron chi connectivity index (χ3n) is 2.53. The van der Waals surface area contributed by atoms with E-state index in [9.17, 15) is 4.79 Å². The van der Waals surface area contributed by atoms with E-state index in [-0.39, 0.29) is 6.03 Å². The van der Waals surface area contributed by atoms with E-state index in [1.807, 2.05) is 4.90 Å². The molecule has 0 spiro atoms. The van der Waals surface area contributed by atoms with Gasteiger partial charge in [0, 0.05) is 19.6 Å². The van der Waals surface area contributed by atoms with Gasteiger partial charge in [-0.3, -0.25) is 0 Å². The summed E-state index contributed by atoms with van der Waals surface area (Å²) < 4.78 is 0. The van der Waals surface area contributed by atoms with Crippen LogP contribution in [-0.4, -0.2) is 30.6 Å². The molecule has 3 heteroatoms. The van der Waals surface area contributed by atoms with Crippen molar-refractivity contribution in [2.45, 2.75) is 26.7 Å². The zero-order valence-electron chi connectivity index (χ0n) is 7.97. The average Bonchev–Trinajstić information content (AvgIpc) is 2.47. The first-order valence-corrected chi connectivity index (χ1v) is 4.76. The second-order valence-electron chi connectivity index (χ2n) is 3.52. The highest BCUT2D eigenvalue weighted by Gasteiger charge is 2.18. The van der Waals surface area contributed by atoms with Crippen LogP contribution in [0.25, 0.3) is 0 Å². The largest absolute Gasteiger partial charge is 0.336 e. The van der Waals surface area contributed by atoms with Crippen LogP contribution in [0.2, 0.25) is 0 Å². The van der Waals surface area contributed by atoms with Gasteiger partial charge in [0.05, 0.1) is 0 Å². The third-order valence-corrected chi connectivity index (χ3v) is 2.53. The van der Waals surface area contributed by atoms with Crippen LogP contribution >= 0.6 is 0 Å². The van der Waals surface area contributed by atoms with E-state index >= 15 is 0 Å². The second kappa shape index (κ2) is 4.33. The van der Waals surface area contributed by atoms with Crippen molar-refractivity contribution in [2.75, 3.05) is 19.6 Å². The van der Waals surface area contributed by atoms with E-state index in [0.29, 0.717) is 0 Å². The average molecular weight is 170 g/mol. The van der Waals surface area contributed by atoms with E-state index in [1.54, 1.807) is 0 Å². The number of amides is 2. The summed E-state index contributed by atoms with van der Waals surface area (Å²) >= 11 is 0. The van der Waals surface area contributed by atoms with E-state index in [0.717, 1.165) is 32.0 Å². The topological polar surface area (TPSA) is 32.3 Å². The van der Waals surface area contributed by atoms with Crippen molar-refractivity contribution < 1.29 is 4.79 Å². The van der Waals surface area contributed by atoms with E-state index in [4.69, 9.17) is 0 Å². The maximum atomic E-state index is 11.1. The molecule has 0 aromatic heterocycles. The fourth-order valence-electron chi connectivity index (χ4n) is 1.30. The molecule has 1 unspecified atom stereocenters. The predicted molar refractivity (Wildman–Crippen MR) is 49.0 cm³/mol. The molecule has 12 heavy (non-hydrogen) atoms. The zero-order valence-corrected chi connectivity index (χ0v) is 7.97. The van der Waals surface area contributed by atoms with Crippen molar-refractivity contribution in [1.29, 1.82) is 0 Å². The quantitative estimate of drug-likeness (QED) is 0.680. The van der Waals surface area contributed by atoms with Crippen molar-refractivity contribution in [3.63, 3.8) is 0 Å². The first kappa shape index (κ1) is 9.36.